The summed E-state index contributed by atoms with van der Waals surface area (Å²) in [4.78, 5) is 22.9. The molecule has 0 atom stereocenters. The van der Waals surface area contributed by atoms with E-state index in [0.29, 0.717) is 5.76 Å². The molecular weight excluding hydrogens is 284 g/mol. The Bertz CT molecular complexity index is 706. The molecule has 2 aromatic rings. The highest BCUT2D eigenvalue weighted by atomic mass is 35.5. The fourth-order valence-electron chi connectivity index (χ4n) is 2.05. The number of rotatable bonds is 4. The van der Waals surface area contributed by atoms with Crippen LogP contribution in [0.25, 0.3) is 0 Å². The van der Waals surface area contributed by atoms with E-state index < -0.39 is 10.7 Å². The van der Waals surface area contributed by atoms with Crippen LogP contribution < -0.4 is 0 Å². The molecule has 1 aromatic heterocycles. The van der Waals surface area contributed by atoms with Crippen molar-refractivity contribution in [3.8, 4) is 0 Å². The number of aromatic nitrogens is 1. The number of carbonyl (C=O) groups is 1. The number of carbonyl (C=O) groups excluding carboxylic acids is 1. The van der Waals surface area contributed by atoms with Gasteiger partial charge in [0.25, 0.3) is 5.69 Å². The van der Waals surface area contributed by atoms with Crippen molar-refractivity contribution < 1.29 is 14.2 Å². The minimum absolute atomic E-state index is 0.00972. The van der Waals surface area contributed by atoms with E-state index in [4.69, 9.17) is 16.1 Å². The highest BCUT2D eigenvalue weighted by molar-refractivity contribution is 6.31. The summed E-state index contributed by atoms with van der Waals surface area (Å²) in [7, 11) is 0. The maximum absolute atomic E-state index is 12.4. The summed E-state index contributed by atoms with van der Waals surface area (Å²) in [5.41, 5.74) is -0.0344. The molecule has 20 heavy (non-hydrogen) atoms. The van der Waals surface area contributed by atoms with E-state index in [-0.39, 0.29) is 27.8 Å². The van der Waals surface area contributed by atoms with Gasteiger partial charge in [0.1, 0.15) is 5.56 Å². The zero-order chi connectivity index (χ0) is 14.3. The molecule has 6 nitrogen and oxygen atoms in total. The lowest BCUT2D eigenvalue weighted by molar-refractivity contribution is -0.385. The maximum atomic E-state index is 12.4. The Morgan fingerprint density at radius 3 is 2.80 bits per heavy atom. The third-order valence-corrected chi connectivity index (χ3v) is 3.43. The van der Waals surface area contributed by atoms with Gasteiger partial charge in [-0.3, -0.25) is 14.9 Å². The number of hydrogen-bond acceptors (Lipinski definition) is 5. The first kappa shape index (κ1) is 12.8. The quantitative estimate of drug-likeness (QED) is 0.490. The van der Waals surface area contributed by atoms with Crippen LogP contribution in [0.2, 0.25) is 5.02 Å². The first-order chi connectivity index (χ1) is 9.58. The van der Waals surface area contributed by atoms with Crippen LogP contribution in [-0.2, 0) is 0 Å². The van der Waals surface area contributed by atoms with Crippen molar-refractivity contribution >= 4 is 23.1 Å². The van der Waals surface area contributed by atoms with Gasteiger partial charge < -0.3 is 4.52 Å². The largest absolute Gasteiger partial charge is 0.360 e. The van der Waals surface area contributed by atoms with Gasteiger partial charge in [0, 0.05) is 17.0 Å². The predicted molar refractivity (Wildman–Crippen MR) is 70.0 cm³/mol. The molecule has 1 aromatic carbocycles. The standard InChI is InChI=1S/C13H9ClN2O4/c14-8-3-4-9(11(5-8)16(18)19)12(17)10-6-15-20-13(10)7-1-2-7/h3-7H,1-2H2. The lowest BCUT2D eigenvalue weighted by atomic mass is 10.0. The summed E-state index contributed by atoms with van der Waals surface area (Å²) in [5.74, 6) is 0.249. The van der Waals surface area contributed by atoms with Crippen molar-refractivity contribution in [2.24, 2.45) is 0 Å². The van der Waals surface area contributed by atoms with Crippen LogP contribution in [0, 0.1) is 10.1 Å². The van der Waals surface area contributed by atoms with Gasteiger partial charge in [-0.25, -0.2) is 0 Å². The number of benzene rings is 1. The number of nitro benzene ring substituents is 1. The fraction of sp³-hybridized carbons (Fsp3) is 0.231. The van der Waals surface area contributed by atoms with Crippen LogP contribution in [-0.4, -0.2) is 15.9 Å². The number of hydrogen-bond donors (Lipinski definition) is 0. The number of nitro groups is 1. The Hall–Kier alpha value is -2.21. The monoisotopic (exact) mass is 292 g/mol. The Kier molecular flexibility index (Phi) is 3.02. The summed E-state index contributed by atoms with van der Waals surface area (Å²) < 4.78 is 5.09. The molecule has 0 aliphatic heterocycles. The molecule has 0 unspecified atom stereocenters. The van der Waals surface area contributed by atoms with Crippen molar-refractivity contribution in [2.45, 2.75) is 18.8 Å². The third kappa shape index (κ3) is 2.18. The van der Waals surface area contributed by atoms with Crippen LogP contribution in [0.4, 0.5) is 5.69 Å². The lowest BCUT2D eigenvalue weighted by Gasteiger charge is -2.02. The van der Waals surface area contributed by atoms with Gasteiger partial charge in [-0.1, -0.05) is 16.8 Å². The van der Waals surface area contributed by atoms with Crippen LogP contribution >= 0.6 is 11.6 Å². The van der Waals surface area contributed by atoms with Gasteiger partial charge in [-0.05, 0) is 25.0 Å². The van der Waals surface area contributed by atoms with Crippen molar-refractivity contribution in [3.05, 3.63) is 56.4 Å². The average Bonchev–Trinajstić information content (AvgIpc) is 3.15. The van der Waals surface area contributed by atoms with Gasteiger partial charge in [-0.15, -0.1) is 0 Å². The second-order valence-electron chi connectivity index (χ2n) is 4.63. The summed E-state index contributed by atoms with van der Waals surface area (Å²) in [6, 6.07) is 3.97. The molecule has 0 N–H and O–H groups in total. The Labute approximate surface area is 118 Å². The van der Waals surface area contributed by atoms with E-state index in [1.54, 1.807) is 0 Å². The molecule has 1 saturated carbocycles. The van der Waals surface area contributed by atoms with E-state index in [0.717, 1.165) is 12.8 Å². The first-order valence-electron chi connectivity index (χ1n) is 6.01. The molecule has 1 fully saturated rings. The van der Waals surface area contributed by atoms with E-state index in [1.165, 1.54) is 24.4 Å². The van der Waals surface area contributed by atoms with Crippen molar-refractivity contribution in [3.63, 3.8) is 0 Å². The molecule has 1 aliphatic carbocycles. The molecule has 0 bridgehead atoms. The highest BCUT2D eigenvalue weighted by Crippen LogP contribution is 2.42. The van der Waals surface area contributed by atoms with Gasteiger partial charge in [0.2, 0.25) is 5.78 Å². The summed E-state index contributed by atoms with van der Waals surface area (Å²) in [6.07, 6.45) is 3.20. The molecular formula is C13H9ClN2O4. The van der Waals surface area contributed by atoms with Crippen LogP contribution in [0.15, 0.2) is 28.9 Å². The molecule has 7 heteroatoms. The Balaban J connectivity index is 2.06. The third-order valence-electron chi connectivity index (χ3n) is 3.19. The maximum Gasteiger partial charge on any atom is 0.282 e. The van der Waals surface area contributed by atoms with E-state index >= 15 is 0 Å². The van der Waals surface area contributed by atoms with Gasteiger partial charge in [-0.2, -0.15) is 0 Å². The number of halogens is 1. The highest BCUT2D eigenvalue weighted by Gasteiger charge is 2.34. The number of nitrogens with zero attached hydrogens (tertiary/aromatic N) is 2. The molecule has 3 rings (SSSR count). The summed E-state index contributed by atoms with van der Waals surface area (Å²) in [6.45, 7) is 0. The smallest absolute Gasteiger partial charge is 0.282 e. The Morgan fingerprint density at radius 2 is 2.15 bits per heavy atom. The second-order valence-corrected chi connectivity index (χ2v) is 5.06. The predicted octanol–water partition coefficient (Wildman–Crippen LogP) is 3.34. The molecule has 102 valence electrons. The Morgan fingerprint density at radius 1 is 1.40 bits per heavy atom. The second kappa shape index (κ2) is 4.72. The molecule has 0 amide bonds. The first-order valence-corrected chi connectivity index (χ1v) is 6.39. The van der Waals surface area contributed by atoms with Gasteiger partial charge in [0.15, 0.2) is 5.76 Å². The van der Waals surface area contributed by atoms with Crippen LogP contribution in [0.5, 0.6) is 0 Å². The van der Waals surface area contributed by atoms with Crippen LogP contribution in [0.3, 0.4) is 0 Å². The lowest BCUT2D eigenvalue weighted by Crippen LogP contribution is -2.06. The SMILES string of the molecule is O=C(c1ccc(Cl)cc1[N+](=O)[O-])c1cnoc1C1CC1. The van der Waals surface area contributed by atoms with Crippen molar-refractivity contribution in [1.82, 2.24) is 5.16 Å². The summed E-state index contributed by atoms with van der Waals surface area (Å²) >= 11 is 5.74. The minimum atomic E-state index is -0.622. The van der Waals surface area contributed by atoms with Crippen molar-refractivity contribution in [1.29, 1.82) is 0 Å². The van der Waals surface area contributed by atoms with E-state index in [1.807, 2.05) is 0 Å². The number of ketones is 1. The van der Waals surface area contributed by atoms with Gasteiger partial charge in [0.05, 0.1) is 16.7 Å². The molecule has 0 saturated heterocycles. The summed E-state index contributed by atoms with van der Waals surface area (Å²) in [5, 5.41) is 14.9. The minimum Gasteiger partial charge on any atom is -0.360 e. The molecule has 0 radical (unpaired) electrons. The zero-order valence-corrected chi connectivity index (χ0v) is 11.0. The average molecular weight is 293 g/mol. The van der Waals surface area contributed by atoms with Crippen LogP contribution in [0.1, 0.15) is 40.4 Å². The fourth-order valence-corrected chi connectivity index (χ4v) is 2.22. The van der Waals surface area contributed by atoms with Crippen molar-refractivity contribution in [2.75, 3.05) is 0 Å². The van der Waals surface area contributed by atoms with Gasteiger partial charge >= 0.3 is 0 Å². The van der Waals surface area contributed by atoms with E-state index in [9.17, 15) is 14.9 Å². The molecule has 0 spiro atoms. The zero-order valence-electron chi connectivity index (χ0n) is 10.2. The van der Waals surface area contributed by atoms with E-state index in [2.05, 4.69) is 5.16 Å². The topological polar surface area (TPSA) is 86.2 Å². The molecule has 1 heterocycles. The molecule has 1 aliphatic rings. The normalized spacial score (nSPS) is 14.2.